The van der Waals surface area contributed by atoms with Crippen molar-refractivity contribution in [1.29, 1.82) is 0 Å². The quantitative estimate of drug-likeness (QED) is 0.808. The Bertz CT molecular complexity index is 342. The van der Waals surface area contributed by atoms with Crippen molar-refractivity contribution < 1.29 is 13.2 Å². The van der Waals surface area contributed by atoms with Crippen LogP contribution in [-0.2, 0) is 12.7 Å². The maximum Gasteiger partial charge on any atom is 0.416 e. The molecular formula is C11H14F3N. The molecule has 0 aliphatic heterocycles. The molecule has 0 fully saturated rings. The Morgan fingerprint density at radius 1 is 1.27 bits per heavy atom. The fraction of sp³-hybridized carbons (Fsp3) is 0.455. The average molecular weight is 217 g/mol. The molecule has 0 spiro atoms. The second-order valence-electron chi connectivity index (χ2n) is 3.77. The lowest BCUT2D eigenvalue weighted by molar-refractivity contribution is -0.137. The van der Waals surface area contributed by atoms with Crippen molar-refractivity contribution >= 4 is 0 Å². The van der Waals surface area contributed by atoms with Crippen LogP contribution in [0.4, 0.5) is 13.2 Å². The Morgan fingerprint density at radius 3 is 2.27 bits per heavy atom. The molecule has 0 unspecified atom stereocenters. The molecule has 0 aliphatic rings. The monoisotopic (exact) mass is 217 g/mol. The molecule has 1 aromatic carbocycles. The van der Waals surface area contributed by atoms with Crippen molar-refractivity contribution in [1.82, 2.24) is 0 Å². The van der Waals surface area contributed by atoms with E-state index in [1.54, 1.807) is 0 Å². The summed E-state index contributed by atoms with van der Waals surface area (Å²) < 4.78 is 37.2. The lowest BCUT2D eigenvalue weighted by Crippen LogP contribution is -2.09. The molecule has 84 valence electrons. The summed E-state index contributed by atoms with van der Waals surface area (Å²) in [6, 6.07) is 3.75. The van der Waals surface area contributed by atoms with Gasteiger partial charge in [0.15, 0.2) is 0 Å². The number of benzene rings is 1. The molecule has 4 heteroatoms. The van der Waals surface area contributed by atoms with E-state index in [1.165, 1.54) is 6.07 Å². The van der Waals surface area contributed by atoms with Crippen molar-refractivity contribution in [3.63, 3.8) is 0 Å². The summed E-state index contributed by atoms with van der Waals surface area (Å²) in [5.41, 5.74) is 6.25. The van der Waals surface area contributed by atoms with E-state index in [0.29, 0.717) is 5.56 Å². The van der Waals surface area contributed by atoms with Gasteiger partial charge in [0.1, 0.15) is 0 Å². The minimum absolute atomic E-state index is 0.136. The van der Waals surface area contributed by atoms with Gasteiger partial charge < -0.3 is 5.73 Å². The largest absolute Gasteiger partial charge is 0.416 e. The number of hydrogen-bond donors (Lipinski definition) is 1. The van der Waals surface area contributed by atoms with Gasteiger partial charge in [-0.15, -0.1) is 0 Å². The van der Waals surface area contributed by atoms with Crippen LogP contribution >= 0.6 is 0 Å². The highest BCUT2D eigenvalue weighted by Gasteiger charge is 2.30. The van der Waals surface area contributed by atoms with Gasteiger partial charge in [-0.05, 0) is 29.2 Å². The van der Waals surface area contributed by atoms with Gasteiger partial charge in [0.05, 0.1) is 5.56 Å². The predicted octanol–water partition coefficient (Wildman–Crippen LogP) is 3.29. The average Bonchev–Trinajstić information content (AvgIpc) is 2.15. The highest BCUT2D eigenvalue weighted by Crippen LogP contribution is 2.31. The zero-order chi connectivity index (χ0) is 11.6. The predicted molar refractivity (Wildman–Crippen MR) is 53.4 cm³/mol. The van der Waals surface area contributed by atoms with Crippen LogP contribution in [0.2, 0.25) is 0 Å². The normalized spacial score (nSPS) is 12.2. The fourth-order valence-corrected chi connectivity index (χ4v) is 1.52. The van der Waals surface area contributed by atoms with Crippen LogP contribution < -0.4 is 5.73 Å². The minimum Gasteiger partial charge on any atom is -0.326 e. The Morgan fingerprint density at radius 2 is 1.87 bits per heavy atom. The van der Waals surface area contributed by atoms with Gasteiger partial charge in [0, 0.05) is 6.54 Å². The molecular weight excluding hydrogens is 203 g/mol. The molecule has 1 aromatic rings. The van der Waals surface area contributed by atoms with E-state index in [1.807, 2.05) is 13.8 Å². The van der Waals surface area contributed by atoms with E-state index in [2.05, 4.69) is 0 Å². The second kappa shape index (κ2) is 4.23. The Kier molecular flexibility index (Phi) is 3.39. The van der Waals surface area contributed by atoms with Gasteiger partial charge in [0.2, 0.25) is 0 Å². The second-order valence-corrected chi connectivity index (χ2v) is 3.77. The molecule has 2 N–H and O–H groups in total. The molecule has 15 heavy (non-hydrogen) atoms. The number of rotatable bonds is 2. The molecule has 1 rings (SSSR count). The fourth-order valence-electron chi connectivity index (χ4n) is 1.52. The van der Waals surface area contributed by atoms with Crippen LogP contribution in [0.3, 0.4) is 0 Å². The molecule has 0 saturated carbocycles. The van der Waals surface area contributed by atoms with Crippen molar-refractivity contribution in [2.24, 2.45) is 5.73 Å². The Hall–Kier alpha value is -1.03. The van der Waals surface area contributed by atoms with E-state index in [4.69, 9.17) is 5.73 Å². The summed E-state index contributed by atoms with van der Waals surface area (Å²) in [5, 5.41) is 0. The first kappa shape index (κ1) is 12.0. The summed E-state index contributed by atoms with van der Waals surface area (Å²) >= 11 is 0. The van der Waals surface area contributed by atoms with Crippen LogP contribution in [-0.4, -0.2) is 0 Å². The number of nitrogens with two attached hydrogens (primary N) is 1. The number of halogens is 3. The third-order valence-electron chi connectivity index (χ3n) is 2.31. The zero-order valence-electron chi connectivity index (χ0n) is 8.73. The van der Waals surface area contributed by atoms with E-state index in [9.17, 15) is 13.2 Å². The summed E-state index contributed by atoms with van der Waals surface area (Å²) in [7, 11) is 0. The van der Waals surface area contributed by atoms with Crippen molar-refractivity contribution in [2.75, 3.05) is 0 Å². The third-order valence-corrected chi connectivity index (χ3v) is 2.31. The number of alkyl halides is 3. The molecule has 0 amide bonds. The molecule has 0 heterocycles. The van der Waals surface area contributed by atoms with Crippen molar-refractivity contribution in [3.05, 3.63) is 34.9 Å². The maximum atomic E-state index is 12.4. The first-order chi connectivity index (χ1) is 6.86. The smallest absolute Gasteiger partial charge is 0.326 e. The van der Waals surface area contributed by atoms with E-state index in [-0.39, 0.29) is 12.5 Å². The van der Waals surface area contributed by atoms with Crippen LogP contribution in [0, 0.1) is 0 Å². The molecule has 1 nitrogen and oxygen atoms in total. The SMILES string of the molecule is CC(C)c1ccc(C(F)(F)F)cc1CN. The minimum atomic E-state index is -4.29. The number of hydrogen-bond acceptors (Lipinski definition) is 1. The lowest BCUT2D eigenvalue weighted by atomic mass is 9.95. The van der Waals surface area contributed by atoms with Crippen molar-refractivity contribution in [3.8, 4) is 0 Å². The first-order valence-corrected chi connectivity index (χ1v) is 4.76. The molecule has 0 aliphatic carbocycles. The van der Waals surface area contributed by atoms with E-state index >= 15 is 0 Å². The summed E-state index contributed by atoms with van der Waals surface area (Å²) in [4.78, 5) is 0. The van der Waals surface area contributed by atoms with Crippen LogP contribution in [0.15, 0.2) is 18.2 Å². The van der Waals surface area contributed by atoms with Gasteiger partial charge in [-0.25, -0.2) is 0 Å². The van der Waals surface area contributed by atoms with Gasteiger partial charge in [0.25, 0.3) is 0 Å². The molecule has 0 radical (unpaired) electrons. The maximum absolute atomic E-state index is 12.4. The van der Waals surface area contributed by atoms with Crippen molar-refractivity contribution in [2.45, 2.75) is 32.5 Å². The van der Waals surface area contributed by atoms with E-state index < -0.39 is 11.7 Å². The summed E-state index contributed by atoms with van der Waals surface area (Å²) in [6.45, 7) is 4.00. The van der Waals surface area contributed by atoms with Crippen LogP contribution in [0.25, 0.3) is 0 Å². The molecule has 0 saturated heterocycles. The van der Waals surface area contributed by atoms with Gasteiger partial charge >= 0.3 is 6.18 Å². The van der Waals surface area contributed by atoms with Gasteiger partial charge in [-0.2, -0.15) is 13.2 Å². The highest BCUT2D eigenvalue weighted by atomic mass is 19.4. The lowest BCUT2D eigenvalue weighted by Gasteiger charge is -2.14. The Labute approximate surface area is 87.1 Å². The topological polar surface area (TPSA) is 26.0 Å². The molecule has 0 aromatic heterocycles. The standard InChI is InChI=1S/C11H14F3N/c1-7(2)10-4-3-9(11(12,13)14)5-8(10)6-15/h3-5,7H,6,15H2,1-2H3. The molecule has 0 atom stereocenters. The van der Waals surface area contributed by atoms with Crippen LogP contribution in [0.1, 0.15) is 36.5 Å². The first-order valence-electron chi connectivity index (χ1n) is 4.76. The summed E-state index contributed by atoms with van der Waals surface area (Å²) in [6.07, 6.45) is -4.29. The third kappa shape index (κ3) is 2.72. The highest BCUT2D eigenvalue weighted by molar-refractivity contribution is 5.35. The van der Waals surface area contributed by atoms with E-state index in [0.717, 1.165) is 17.7 Å². The molecule has 0 bridgehead atoms. The Balaban J connectivity index is 3.19. The van der Waals surface area contributed by atoms with Gasteiger partial charge in [-0.3, -0.25) is 0 Å². The summed E-state index contributed by atoms with van der Waals surface area (Å²) in [5.74, 6) is 0.186. The van der Waals surface area contributed by atoms with Crippen LogP contribution in [0.5, 0.6) is 0 Å². The van der Waals surface area contributed by atoms with Gasteiger partial charge in [-0.1, -0.05) is 19.9 Å². The zero-order valence-corrected chi connectivity index (χ0v) is 8.73.